The van der Waals surface area contributed by atoms with E-state index < -0.39 is 23.6 Å². The number of alkyl halides is 3. The lowest BCUT2D eigenvalue weighted by Gasteiger charge is -2.15. The molecule has 150 valence electrons. The molecule has 1 saturated heterocycles. The highest BCUT2D eigenvalue weighted by molar-refractivity contribution is 5.96. The van der Waals surface area contributed by atoms with Crippen molar-refractivity contribution >= 4 is 11.8 Å². The number of hydrogen-bond donors (Lipinski definition) is 2. The number of amides is 2. The number of carbonyl (C=O) groups excluding carboxylic acids is 2. The number of halogens is 3. The minimum atomic E-state index is -4.54. The van der Waals surface area contributed by atoms with Crippen LogP contribution in [-0.2, 0) is 17.5 Å². The van der Waals surface area contributed by atoms with Crippen molar-refractivity contribution in [3.63, 3.8) is 0 Å². The second-order valence-electron chi connectivity index (χ2n) is 6.40. The van der Waals surface area contributed by atoms with Crippen LogP contribution in [0.1, 0.15) is 28.2 Å². The fraction of sp³-hybridized carbons (Fsp3) is 0.412. The van der Waals surface area contributed by atoms with Crippen LogP contribution in [0.5, 0.6) is 0 Å². The third-order valence-electron chi connectivity index (χ3n) is 4.27. The first-order valence-electron chi connectivity index (χ1n) is 8.53. The highest BCUT2D eigenvalue weighted by Gasteiger charge is 2.31. The monoisotopic (exact) mass is 397 g/mol. The van der Waals surface area contributed by atoms with E-state index in [0.29, 0.717) is 18.9 Å². The summed E-state index contributed by atoms with van der Waals surface area (Å²) in [5.41, 5.74) is -1.08. The van der Waals surface area contributed by atoms with Gasteiger partial charge in [-0.25, -0.2) is 0 Å². The predicted molar refractivity (Wildman–Crippen MR) is 89.9 cm³/mol. The van der Waals surface area contributed by atoms with Crippen molar-refractivity contribution in [1.82, 2.24) is 25.7 Å². The number of nitrogens with zero attached hydrogens (tertiary/aromatic N) is 3. The minimum absolute atomic E-state index is 0.0927. The summed E-state index contributed by atoms with van der Waals surface area (Å²) in [4.78, 5) is 30.0. The second kappa shape index (κ2) is 8.38. The predicted octanol–water partition coefficient (Wildman–Crippen LogP) is 1.21. The Labute approximate surface area is 158 Å². The molecule has 0 radical (unpaired) electrons. The van der Waals surface area contributed by atoms with Crippen molar-refractivity contribution in [2.45, 2.75) is 25.2 Å². The Bertz CT molecular complexity index is 826. The normalized spacial score (nSPS) is 17.5. The van der Waals surface area contributed by atoms with Gasteiger partial charge in [0.1, 0.15) is 0 Å². The topological polar surface area (TPSA) is 100 Å². The van der Waals surface area contributed by atoms with E-state index in [4.69, 9.17) is 0 Å². The van der Waals surface area contributed by atoms with Crippen LogP contribution in [0.25, 0.3) is 0 Å². The molecule has 1 aromatic heterocycles. The lowest BCUT2D eigenvalue weighted by Crippen LogP contribution is -2.43. The Morgan fingerprint density at radius 2 is 2.14 bits per heavy atom. The van der Waals surface area contributed by atoms with Crippen LogP contribution in [0.3, 0.4) is 0 Å². The summed E-state index contributed by atoms with van der Waals surface area (Å²) < 4.78 is 42.8. The standard InChI is InChI=1S/C17H18F3N5O3/c18-17(19,20)12-3-1-2-11(6-12)16(27)21-7-15(26)23-13-4-5-25(8-13)9-14-22-10-28-24-14/h1-3,6,10,13H,4-5,7-9H2,(H,21,27)(H,23,26)/t13-/m1/s1. The molecule has 8 nitrogen and oxygen atoms in total. The average molecular weight is 397 g/mol. The molecule has 2 aromatic rings. The van der Waals surface area contributed by atoms with Crippen molar-refractivity contribution in [2.75, 3.05) is 19.6 Å². The number of hydrogen-bond acceptors (Lipinski definition) is 6. The second-order valence-corrected chi connectivity index (χ2v) is 6.40. The molecule has 2 N–H and O–H groups in total. The van der Waals surface area contributed by atoms with Gasteiger partial charge < -0.3 is 15.2 Å². The summed E-state index contributed by atoms with van der Waals surface area (Å²) in [5.74, 6) is -0.599. The van der Waals surface area contributed by atoms with Crippen molar-refractivity contribution in [1.29, 1.82) is 0 Å². The molecule has 2 heterocycles. The van der Waals surface area contributed by atoms with Gasteiger partial charge in [-0.05, 0) is 24.6 Å². The minimum Gasteiger partial charge on any atom is -0.350 e. The molecular formula is C17H18F3N5O3. The quantitative estimate of drug-likeness (QED) is 0.760. The molecule has 1 aromatic carbocycles. The molecule has 0 unspecified atom stereocenters. The molecule has 0 spiro atoms. The van der Waals surface area contributed by atoms with Crippen LogP contribution in [0.2, 0.25) is 0 Å². The average Bonchev–Trinajstić information content (AvgIpc) is 3.31. The van der Waals surface area contributed by atoms with E-state index in [0.717, 1.165) is 31.2 Å². The molecule has 0 aliphatic carbocycles. The fourth-order valence-corrected chi connectivity index (χ4v) is 2.93. The molecule has 1 atom stereocenters. The largest absolute Gasteiger partial charge is 0.416 e. The Morgan fingerprint density at radius 1 is 1.32 bits per heavy atom. The number of rotatable bonds is 6. The van der Waals surface area contributed by atoms with E-state index in [-0.39, 0.29) is 18.2 Å². The fourth-order valence-electron chi connectivity index (χ4n) is 2.93. The molecular weight excluding hydrogens is 379 g/mol. The summed E-state index contributed by atoms with van der Waals surface area (Å²) >= 11 is 0. The zero-order valence-corrected chi connectivity index (χ0v) is 14.7. The molecule has 1 fully saturated rings. The number of nitrogens with one attached hydrogen (secondary N) is 2. The molecule has 1 aliphatic rings. The van der Waals surface area contributed by atoms with Gasteiger partial charge in [0, 0.05) is 24.7 Å². The smallest absolute Gasteiger partial charge is 0.350 e. The Hall–Kier alpha value is -2.95. The van der Waals surface area contributed by atoms with Crippen LogP contribution >= 0.6 is 0 Å². The van der Waals surface area contributed by atoms with E-state index in [9.17, 15) is 22.8 Å². The van der Waals surface area contributed by atoms with Crippen LogP contribution in [0, 0.1) is 0 Å². The maximum Gasteiger partial charge on any atom is 0.416 e. The van der Waals surface area contributed by atoms with E-state index in [1.807, 2.05) is 0 Å². The van der Waals surface area contributed by atoms with E-state index >= 15 is 0 Å². The lowest BCUT2D eigenvalue weighted by molar-refractivity contribution is -0.137. The maximum atomic E-state index is 12.7. The van der Waals surface area contributed by atoms with Crippen molar-refractivity contribution < 1.29 is 27.3 Å². The van der Waals surface area contributed by atoms with Gasteiger partial charge in [0.05, 0.1) is 18.7 Å². The molecule has 3 rings (SSSR count). The highest BCUT2D eigenvalue weighted by atomic mass is 19.4. The number of carbonyl (C=O) groups is 2. The van der Waals surface area contributed by atoms with Gasteiger partial charge >= 0.3 is 6.18 Å². The first kappa shape index (κ1) is 19.8. The Balaban J connectivity index is 1.44. The zero-order chi connectivity index (χ0) is 20.1. The zero-order valence-electron chi connectivity index (χ0n) is 14.7. The van der Waals surface area contributed by atoms with Gasteiger partial charge in [0.2, 0.25) is 12.3 Å². The molecule has 11 heteroatoms. The Kier molecular flexibility index (Phi) is 5.93. The van der Waals surface area contributed by atoms with Gasteiger partial charge in [-0.2, -0.15) is 18.2 Å². The first-order valence-corrected chi connectivity index (χ1v) is 8.53. The Morgan fingerprint density at radius 3 is 2.86 bits per heavy atom. The van der Waals surface area contributed by atoms with E-state index in [2.05, 4.69) is 30.2 Å². The first-order chi connectivity index (χ1) is 13.3. The van der Waals surface area contributed by atoms with Gasteiger partial charge in [-0.1, -0.05) is 11.2 Å². The third kappa shape index (κ3) is 5.28. The van der Waals surface area contributed by atoms with Crippen LogP contribution in [-0.4, -0.2) is 52.5 Å². The van der Waals surface area contributed by atoms with Crippen molar-refractivity contribution in [2.24, 2.45) is 0 Å². The summed E-state index contributed by atoms with van der Waals surface area (Å²) in [6.45, 7) is 1.53. The molecule has 28 heavy (non-hydrogen) atoms. The summed E-state index contributed by atoms with van der Waals surface area (Å²) in [6, 6.07) is 3.94. The van der Waals surface area contributed by atoms with Crippen molar-refractivity contribution in [3.8, 4) is 0 Å². The van der Waals surface area contributed by atoms with Gasteiger partial charge in [0.25, 0.3) is 5.91 Å². The molecule has 0 saturated carbocycles. The van der Waals surface area contributed by atoms with Crippen molar-refractivity contribution in [3.05, 3.63) is 47.6 Å². The number of likely N-dealkylation sites (tertiary alicyclic amines) is 1. The number of benzene rings is 1. The van der Waals surface area contributed by atoms with Crippen LogP contribution in [0.15, 0.2) is 35.2 Å². The summed E-state index contributed by atoms with van der Waals surface area (Å²) in [6.07, 6.45) is -2.56. The summed E-state index contributed by atoms with van der Waals surface area (Å²) in [7, 11) is 0. The SMILES string of the molecule is O=C(CNC(=O)c1cccc(C(F)(F)F)c1)N[C@@H]1CCN(Cc2ncon2)C1. The number of aromatic nitrogens is 2. The van der Waals surface area contributed by atoms with Gasteiger partial charge in [-0.3, -0.25) is 14.5 Å². The summed E-state index contributed by atoms with van der Waals surface area (Å²) in [5, 5.41) is 8.86. The van der Waals surface area contributed by atoms with Gasteiger partial charge in [-0.15, -0.1) is 0 Å². The van der Waals surface area contributed by atoms with E-state index in [1.165, 1.54) is 12.5 Å². The molecule has 0 bridgehead atoms. The maximum absolute atomic E-state index is 12.7. The highest BCUT2D eigenvalue weighted by Crippen LogP contribution is 2.29. The molecule has 1 aliphatic heterocycles. The van der Waals surface area contributed by atoms with Gasteiger partial charge in [0.15, 0.2) is 5.82 Å². The van der Waals surface area contributed by atoms with Crippen LogP contribution in [0.4, 0.5) is 13.2 Å². The molecule has 2 amide bonds. The third-order valence-corrected chi connectivity index (χ3v) is 4.27. The lowest BCUT2D eigenvalue weighted by atomic mass is 10.1. The van der Waals surface area contributed by atoms with Crippen LogP contribution < -0.4 is 10.6 Å². The van der Waals surface area contributed by atoms with E-state index in [1.54, 1.807) is 0 Å².